The molecule has 2 heterocycles. The van der Waals surface area contributed by atoms with Crippen LogP contribution in [0.3, 0.4) is 0 Å². The predicted molar refractivity (Wildman–Crippen MR) is 61.7 cm³/mol. The molecule has 0 bridgehead atoms. The molecular formula is C14H16O3. The largest absolute Gasteiger partial charge is 0.373 e. The molecule has 17 heavy (non-hydrogen) atoms. The molecule has 4 rings (SSSR count). The third-order valence-electron chi connectivity index (χ3n) is 3.91. The van der Waals surface area contributed by atoms with Gasteiger partial charge in [-0.3, -0.25) is 0 Å². The van der Waals surface area contributed by atoms with Gasteiger partial charge in [-0.05, 0) is 18.4 Å². The van der Waals surface area contributed by atoms with E-state index in [1.807, 2.05) is 6.07 Å². The van der Waals surface area contributed by atoms with Crippen LogP contribution in [0.4, 0.5) is 0 Å². The second-order valence-electron chi connectivity index (χ2n) is 5.09. The number of ether oxygens (including phenoxy) is 3. The first-order chi connectivity index (χ1) is 8.42. The van der Waals surface area contributed by atoms with Crippen molar-refractivity contribution in [3.8, 4) is 0 Å². The summed E-state index contributed by atoms with van der Waals surface area (Å²) in [6.07, 6.45) is 4.03. The van der Waals surface area contributed by atoms with Crippen molar-refractivity contribution in [2.75, 3.05) is 6.61 Å². The molecule has 0 amide bonds. The summed E-state index contributed by atoms with van der Waals surface area (Å²) in [6, 6.07) is 10.4. The van der Waals surface area contributed by atoms with Crippen LogP contribution in [0.25, 0.3) is 0 Å². The minimum atomic E-state index is 0.244. The first-order valence-corrected chi connectivity index (χ1v) is 6.39. The monoisotopic (exact) mass is 232 g/mol. The number of epoxide rings is 2. The first-order valence-electron chi connectivity index (χ1n) is 6.39. The lowest BCUT2D eigenvalue weighted by Gasteiger charge is -2.10. The van der Waals surface area contributed by atoms with Gasteiger partial charge in [0.2, 0.25) is 0 Å². The average molecular weight is 232 g/mol. The van der Waals surface area contributed by atoms with Crippen LogP contribution in [-0.2, 0) is 14.2 Å². The van der Waals surface area contributed by atoms with Crippen molar-refractivity contribution >= 4 is 0 Å². The Morgan fingerprint density at radius 2 is 2.00 bits per heavy atom. The third-order valence-corrected chi connectivity index (χ3v) is 3.91. The number of hydrogen-bond donors (Lipinski definition) is 0. The van der Waals surface area contributed by atoms with Gasteiger partial charge in [-0.1, -0.05) is 30.3 Å². The Balaban J connectivity index is 1.29. The van der Waals surface area contributed by atoms with Crippen molar-refractivity contribution in [2.24, 2.45) is 0 Å². The molecule has 5 atom stereocenters. The van der Waals surface area contributed by atoms with Crippen LogP contribution >= 0.6 is 0 Å². The lowest BCUT2D eigenvalue weighted by atomic mass is 10.1. The Bertz CT molecular complexity index is 405. The average Bonchev–Trinajstić information content (AvgIpc) is 3.28. The van der Waals surface area contributed by atoms with Crippen LogP contribution in [0.1, 0.15) is 24.5 Å². The molecule has 3 heteroatoms. The Kier molecular flexibility index (Phi) is 2.25. The topological polar surface area (TPSA) is 34.3 Å². The fourth-order valence-corrected chi connectivity index (χ4v) is 2.81. The molecule has 0 aromatic heterocycles. The van der Waals surface area contributed by atoms with Gasteiger partial charge in [-0.15, -0.1) is 0 Å². The van der Waals surface area contributed by atoms with Gasteiger partial charge in [-0.2, -0.15) is 0 Å². The maximum Gasteiger partial charge on any atom is 0.112 e. The number of benzene rings is 1. The van der Waals surface area contributed by atoms with Crippen LogP contribution in [-0.4, -0.2) is 31.0 Å². The van der Waals surface area contributed by atoms with E-state index in [2.05, 4.69) is 24.3 Å². The SMILES string of the molecule is c1ccc(C2OC2COC2CCC3OC23)cc1. The van der Waals surface area contributed by atoms with Crippen LogP contribution < -0.4 is 0 Å². The van der Waals surface area contributed by atoms with Crippen molar-refractivity contribution in [2.45, 2.75) is 43.4 Å². The van der Waals surface area contributed by atoms with Gasteiger partial charge in [-0.25, -0.2) is 0 Å². The standard InChI is InChI=1S/C14H16O3/c1-2-4-9(5-3-1)13-12(17-13)8-15-10-6-7-11-14(10)16-11/h1-5,10-14H,6-8H2. The second-order valence-corrected chi connectivity index (χ2v) is 5.09. The summed E-state index contributed by atoms with van der Waals surface area (Å²) in [5.74, 6) is 0. The van der Waals surface area contributed by atoms with E-state index in [1.165, 1.54) is 12.0 Å². The fourth-order valence-electron chi connectivity index (χ4n) is 2.81. The van der Waals surface area contributed by atoms with E-state index in [-0.39, 0.29) is 12.2 Å². The van der Waals surface area contributed by atoms with Gasteiger partial charge in [0, 0.05) is 0 Å². The van der Waals surface area contributed by atoms with Gasteiger partial charge in [0.1, 0.15) is 18.3 Å². The van der Waals surface area contributed by atoms with Gasteiger partial charge in [0.25, 0.3) is 0 Å². The normalized spacial score (nSPS) is 42.2. The summed E-state index contributed by atoms with van der Waals surface area (Å²) in [4.78, 5) is 0. The van der Waals surface area contributed by atoms with E-state index < -0.39 is 0 Å². The van der Waals surface area contributed by atoms with Crippen LogP contribution in [0.2, 0.25) is 0 Å². The first kappa shape index (κ1) is 10.1. The summed E-state index contributed by atoms with van der Waals surface area (Å²) in [5, 5.41) is 0. The molecule has 3 aliphatic rings. The van der Waals surface area contributed by atoms with Crippen molar-refractivity contribution in [1.82, 2.24) is 0 Å². The van der Waals surface area contributed by atoms with Crippen molar-refractivity contribution in [1.29, 1.82) is 0 Å². The van der Waals surface area contributed by atoms with Crippen LogP contribution in [0.15, 0.2) is 30.3 Å². The smallest absolute Gasteiger partial charge is 0.112 e. The summed E-state index contributed by atoms with van der Waals surface area (Å²) >= 11 is 0. The predicted octanol–water partition coefficient (Wildman–Crippen LogP) is 2.07. The Hall–Kier alpha value is -0.900. The Morgan fingerprint density at radius 3 is 2.71 bits per heavy atom. The van der Waals surface area contributed by atoms with E-state index in [0.717, 1.165) is 6.42 Å². The molecular weight excluding hydrogens is 216 g/mol. The summed E-state index contributed by atoms with van der Waals surface area (Å²) in [5.41, 5.74) is 1.26. The summed E-state index contributed by atoms with van der Waals surface area (Å²) in [6.45, 7) is 0.705. The highest BCUT2D eigenvalue weighted by Crippen LogP contribution is 2.42. The van der Waals surface area contributed by atoms with E-state index in [9.17, 15) is 0 Å². The molecule has 1 aromatic rings. The van der Waals surface area contributed by atoms with Gasteiger partial charge in [0.15, 0.2) is 0 Å². The lowest BCUT2D eigenvalue weighted by molar-refractivity contribution is 0.0190. The van der Waals surface area contributed by atoms with E-state index in [4.69, 9.17) is 14.2 Å². The van der Waals surface area contributed by atoms with Crippen molar-refractivity contribution in [3.63, 3.8) is 0 Å². The van der Waals surface area contributed by atoms with Gasteiger partial charge in [0.05, 0.1) is 18.8 Å². The minimum absolute atomic E-state index is 0.244. The van der Waals surface area contributed by atoms with Crippen molar-refractivity contribution in [3.05, 3.63) is 35.9 Å². The number of fused-ring (bicyclic) bond motifs is 1. The van der Waals surface area contributed by atoms with Crippen LogP contribution in [0.5, 0.6) is 0 Å². The zero-order valence-electron chi connectivity index (χ0n) is 9.62. The quantitative estimate of drug-likeness (QED) is 0.745. The second kappa shape index (κ2) is 3.80. The molecule has 0 radical (unpaired) electrons. The molecule has 1 aliphatic carbocycles. The van der Waals surface area contributed by atoms with Crippen LogP contribution in [0, 0.1) is 0 Å². The zero-order valence-corrected chi connectivity index (χ0v) is 9.62. The molecule has 1 saturated carbocycles. The minimum Gasteiger partial charge on any atom is -0.373 e. The zero-order chi connectivity index (χ0) is 11.2. The Labute approximate surface area is 101 Å². The molecule has 3 fully saturated rings. The van der Waals surface area contributed by atoms with Gasteiger partial charge < -0.3 is 14.2 Å². The lowest BCUT2D eigenvalue weighted by Crippen LogP contribution is -2.19. The number of hydrogen-bond acceptors (Lipinski definition) is 3. The Morgan fingerprint density at radius 1 is 1.12 bits per heavy atom. The van der Waals surface area contributed by atoms with E-state index >= 15 is 0 Å². The molecule has 90 valence electrons. The molecule has 3 nitrogen and oxygen atoms in total. The molecule has 2 aliphatic heterocycles. The maximum atomic E-state index is 5.88. The molecule has 0 N–H and O–H groups in total. The highest BCUT2D eigenvalue weighted by atomic mass is 16.6. The highest BCUT2D eigenvalue weighted by molar-refractivity contribution is 5.22. The molecule has 2 saturated heterocycles. The van der Waals surface area contributed by atoms with Gasteiger partial charge >= 0.3 is 0 Å². The fraction of sp³-hybridized carbons (Fsp3) is 0.571. The third kappa shape index (κ3) is 1.88. The summed E-state index contributed by atoms with van der Waals surface area (Å²) in [7, 11) is 0. The molecule has 0 spiro atoms. The van der Waals surface area contributed by atoms with E-state index in [0.29, 0.717) is 24.9 Å². The maximum absolute atomic E-state index is 5.88. The number of rotatable bonds is 4. The summed E-state index contributed by atoms with van der Waals surface area (Å²) < 4.78 is 17.0. The van der Waals surface area contributed by atoms with Crippen molar-refractivity contribution < 1.29 is 14.2 Å². The highest BCUT2D eigenvalue weighted by Gasteiger charge is 2.51. The molecule has 5 unspecified atom stereocenters. The molecule has 1 aromatic carbocycles. The van der Waals surface area contributed by atoms with E-state index in [1.54, 1.807) is 0 Å².